The molecule has 3 aromatic carbocycles. The molecule has 210 valence electrons. The fourth-order valence-corrected chi connectivity index (χ4v) is 7.03. The number of aryl methyl sites for hydroxylation is 1. The molecule has 0 saturated carbocycles. The first-order valence-electron chi connectivity index (χ1n) is 11.7. The highest BCUT2D eigenvalue weighted by atomic mass is 79.9. The smallest absolute Gasteiger partial charge is 0.264 e. The van der Waals surface area contributed by atoms with Crippen LogP contribution in [0.3, 0.4) is 0 Å². The fraction of sp³-hybridized carbons (Fsp3) is 0.269. The molecule has 13 heteroatoms. The van der Waals surface area contributed by atoms with Crippen molar-refractivity contribution in [3.63, 3.8) is 0 Å². The molecular weight excluding hydrogens is 610 g/mol. The van der Waals surface area contributed by atoms with Gasteiger partial charge in [-0.15, -0.1) is 0 Å². The number of rotatable bonds is 11. The molecule has 0 heterocycles. The van der Waals surface area contributed by atoms with Crippen LogP contribution in [0.2, 0.25) is 0 Å². The lowest BCUT2D eigenvalue weighted by Gasteiger charge is -2.25. The summed E-state index contributed by atoms with van der Waals surface area (Å²) >= 11 is 3.31. The molecular formula is C26H30BrN3O7S2. The van der Waals surface area contributed by atoms with Crippen LogP contribution in [0.5, 0.6) is 11.5 Å². The van der Waals surface area contributed by atoms with Gasteiger partial charge in [-0.05, 0) is 85.2 Å². The Morgan fingerprint density at radius 2 is 1.49 bits per heavy atom. The average Bonchev–Trinajstić information content (AvgIpc) is 2.87. The van der Waals surface area contributed by atoms with Gasteiger partial charge < -0.3 is 14.8 Å². The first kappa shape index (κ1) is 30.4. The summed E-state index contributed by atoms with van der Waals surface area (Å²) in [5, 5.41) is 2.60. The molecule has 0 fully saturated rings. The fourth-order valence-electron chi connectivity index (χ4n) is 3.61. The maximum absolute atomic E-state index is 13.7. The maximum atomic E-state index is 13.7. The molecule has 0 unspecified atom stereocenters. The van der Waals surface area contributed by atoms with E-state index in [1.54, 1.807) is 38.1 Å². The molecule has 0 aliphatic heterocycles. The SMILES string of the molecule is COc1ccc(S(=O)(=O)N(CC(=O)Nc2cc(S(=O)(=O)NC(C)C)ccc2OC)c2ccc(C)cc2)cc1Br. The van der Waals surface area contributed by atoms with E-state index in [2.05, 4.69) is 26.0 Å². The number of nitrogens with zero attached hydrogens (tertiary/aromatic N) is 1. The quantitative estimate of drug-likeness (QED) is 0.320. The predicted molar refractivity (Wildman–Crippen MR) is 153 cm³/mol. The summed E-state index contributed by atoms with van der Waals surface area (Å²) in [4.78, 5) is 13.1. The molecule has 0 spiro atoms. The summed E-state index contributed by atoms with van der Waals surface area (Å²) in [5.74, 6) is -0.0606. The Labute approximate surface area is 237 Å². The standard InChI is InChI=1S/C26H30BrN3O7S2/c1-17(2)29-38(32,33)20-10-13-25(37-5)23(15-20)28-26(31)16-30(19-8-6-18(3)7-9-19)39(34,35)21-11-12-24(36-4)22(27)14-21/h6-15,17,29H,16H2,1-5H3,(H,28,31). The number of anilines is 2. The number of sulfonamides is 2. The third kappa shape index (κ3) is 7.29. The van der Waals surface area contributed by atoms with Crippen molar-refractivity contribution in [1.82, 2.24) is 4.72 Å². The summed E-state index contributed by atoms with van der Waals surface area (Å²) in [7, 11) is -5.24. The maximum Gasteiger partial charge on any atom is 0.264 e. The molecule has 0 saturated heterocycles. The van der Waals surface area contributed by atoms with Gasteiger partial charge in [0.05, 0.1) is 39.9 Å². The highest BCUT2D eigenvalue weighted by Crippen LogP contribution is 2.32. The van der Waals surface area contributed by atoms with Gasteiger partial charge >= 0.3 is 0 Å². The van der Waals surface area contributed by atoms with Crippen LogP contribution >= 0.6 is 15.9 Å². The van der Waals surface area contributed by atoms with Crippen molar-refractivity contribution in [1.29, 1.82) is 0 Å². The third-order valence-corrected chi connectivity index (χ3v) is 9.51. The van der Waals surface area contributed by atoms with Crippen molar-refractivity contribution in [3.05, 3.63) is 70.7 Å². The van der Waals surface area contributed by atoms with Gasteiger partial charge in [0.25, 0.3) is 10.0 Å². The highest BCUT2D eigenvalue weighted by molar-refractivity contribution is 9.10. The Morgan fingerprint density at radius 3 is 2.05 bits per heavy atom. The van der Waals surface area contributed by atoms with Crippen molar-refractivity contribution in [3.8, 4) is 11.5 Å². The van der Waals surface area contributed by atoms with Crippen LogP contribution in [0.4, 0.5) is 11.4 Å². The molecule has 0 bridgehead atoms. The lowest BCUT2D eigenvalue weighted by Crippen LogP contribution is -2.38. The second kappa shape index (κ2) is 12.4. The number of methoxy groups -OCH3 is 2. The topological polar surface area (TPSA) is 131 Å². The monoisotopic (exact) mass is 639 g/mol. The van der Waals surface area contributed by atoms with Gasteiger partial charge in [-0.3, -0.25) is 9.10 Å². The van der Waals surface area contributed by atoms with Gasteiger partial charge in [-0.2, -0.15) is 0 Å². The summed E-state index contributed by atoms with van der Waals surface area (Å²) < 4.78 is 67.2. The van der Waals surface area contributed by atoms with E-state index in [1.807, 2.05) is 6.92 Å². The number of carbonyl (C=O) groups is 1. The molecule has 0 aromatic heterocycles. The highest BCUT2D eigenvalue weighted by Gasteiger charge is 2.28. The lowest BCUT2D eigenvalue weighted by atomic mass is 10.2. The molecule has 0 radical (unpaired) electrons. The van der Waals surface area contributed by atoms with E-state index in [0.717, 1.165) is 9.87 Å². The Kier molecular flexibility index (Phi) is 9.64. The average molecular weight is 641 g/mol. The number of ether oxygens (including phenoxy) is 2. The first-order valence-corrected chi connectivity index (χ1v) is 15.4. The molecule has 10 nitrogen and oxygen atoms in total. The van der Waals surface area contributed by atoms with Crippen LogP contribution in [0.15, 0.2) is 74.9 Å². The number of carbonyl (C=O) groups excluding carboxylic acids is 1. The number of amides is 1. The molecule has 1 amide bonds. The summed E-state index contributed by atoms with van der Waals surface area (Å²) in [6, 6.07) is 14.6. The molecule has 0 atom stereocenters. The van der Waals surface area contributed by atoms with Crippen LogP contribution < -0.4 is 23.8 Å². The normalized spacial score (nSPS) is 11.8. The van der Waals surface area contributed by atoms with Crippen molar-refractivity contribution in [2.75, 3.05) is 30.4 Å². The minimum Gasteiger partial charge on any atom is -0.496 e. The van der Waals surface area contributed by atoms with Crippen molar-refractivity contribution in [2.24, 2.45) is 0 Å². The Balaban J connectivity index is 1.99. The van der Waals surface area contributed by atoms with Crippen LogP contribution in [0.25, 0.3) is 0 Å². The molecule has 3 rings (SSSR count). The second-order valence-corrected chi connectivity index (χ2v) is 13.3. The zero-order chi connectivity index (χ0) is 29.0. The molecule has 0 aliphatic carbocycles. The number of benzene rings is 3. The Hall–Kier alpha value is -3.13. The summed E-state index contributed by atoms with van der Waals surface area (Å²) in [6.07, 6.45) is 0. The Morgan fingerprint density at radius 1 is 0.897 bits per heavy atom. The zero-order valence-corrected chi connectivity index (χ0v) is 25.3. The zero-order valence-electron chi connectivity index (χ0n) is 22.1. The lowest BCUT2D eigenvalue weighted by molar-refractivity contribution is -0.114. The molecule has 0 aliphatic rings. The van der Waals surface area contributed by atoms with Crippen LogP contribution in [0, 0.1) is 6.92 Å². The number of nitrogens with one attached hydrogen (secondary N) is 2. The van der Waals surface area contributed by atoms with E-state index in [0.29, 0.717) is 10.2 Å². The largest absolute Gasteiger partial charge is 0.496 e. The minimum absolute atomic E-state index is 0.0611. The van der Waals surface area contributed by atoms with Crippen molar-refractivity contribution in [2.45, 2.75) is 36.6 Å². The summed E-state index contributed by atoms with van der Waals surface area (Å²) in [5.41, 5.74) is 1.25. The summed E-state index contributed by atoms with van der Waals surface area (Å²) in [6.45, 7) is 4.63. The van der Waals surface area contributed by atoms with Gasteiger partial charge in [-0.25, -0.2) is 21.6 Å². The molecule has 2 N–H and O–H groups in total. The van der Waals surface area contributed by atoms with Crippen LogP contribution in [-0.4, -0.2) is 49.5 Å². The van der Waals surface area contributed by atoms with E-state index in [1.165, 1.54) is 50.6 Å². The van der Waals surface area contributed by atoms with E-state index in [9.17, 15) is 21.6 Å². The number of hydrogen-bond donors (Lipinski definition) is 2. The molecule has 39 heavy (non-hydrogen) atoms. The predicted octanol–water partition coefficient (Wildman–Crippen LogP) is 4.30. The van der Waals surface area contributed by atoms with E-state index in [4.69, 9.17) is 9.47 Å². The van der Waals surface area contributed by atoms with E-state index in [-0.39, 0.29) is 33.0 Å². The van der Waals surface area contributed by atoms with Gasteiger partial charge in [0, 0.05) is 6.04 Å². The number of halogens is 1. The minimum atomic E-state index is -4.21. The van der Waals surface area contributed by atoms with Crippen molar-refractivity contribution < 1.29 is 31.1 Å². The van der Waals surface area contributed by atoms with Crippen LogP contribution in [-0.2, 0) is 24.8 Å². The third-order valence-electron chi connectivity index (χ3n) is 5.47. The Bertz CT molecular complexity index is 1560. The molecule has 3 aromatic rings. The van der Waals surface area contributed by atoms with Crippen molar-refractivity contribution >= 4 is 53.3 Å². The van der Waals surface area contributed by atoms with Gasteiger partial charge in [0.15, 0.2) is 0 Å². The first-order chi connectivity index (χ1) is 18.3. The van der Waals surface area contributed by atoms with Gasteiger partial charge in [0.1, 0.15) is 18.0 Å². The van der Waals surface area contributed by atoms with Gasteiger partial charge in [-0.1, -0.05) is 17.7 Å². The van der Waals surface area contributed by atoms with E-state index >= 15 is 0 Å². The van der Waals surface area contributed by atoms with Gasteiger partial charge in [0.2, 0.25) is 15.9 Å². The second-order valence-electron chi connectivity index (χ2n) is 8.83. The van der Waals surface area contributed by atoms with E-state index < -0.39 is 32.5 Å². The number of hydrogen-bond acceptors (Lipinski definition) is 7. The van der Waals surface area contributed by atoms with Crippen LogP contribution in [0.1, 0.15) is 19.4 Å².